The molecule has 0 unspecified atom stereocenters. The van der Waals surface area contributed by atoms with Crippen LogP contribution in [0.2, 0.25) is 0 Å². The van der Waals surface area contributed by atoms with Crippen LogP contribution < -0.4 is 10.7 Å². The molecule has 8 heteroatoms. The average Bonchev–Trinajstić information content (AvgIpc) is 2.96. The Hall–Kier alpha value is -3.03. The van der Waals surface area contributed by atoms with Crippen molar-refractivity contribution < 1.29 is 4.79 Å². The van der Waals surface area contributed by atoms with E-state index >= 15 is 0 Å². The first-order valence-corrected chi connectivity index (χ1v) is 9.07. The predicted molar refractivity (Wildman–Crippen MR) is 103 cm³/mol. The van der Waals surface area contributed by atoms with Crippen LogP contribution >= 0.6 is 0 Å². The molecule has 1 N–H and O–H groups in total. The Morgan fingerprint density at radius 1 is 1.19 bits per heavy atom. The number of nitrogens with one attached hydrogen (secondary N) is 1. The van der Waals surface area contributed by atoms with Gasteiger partial charge in [0.2, 0.25) is 5.43 Å². The van der Waals surface area contributed by atoms with Crippen LogP contribution in [-0.4, -0.2) is 36.8 Å². The molecular weight excluding hydrogens is 344 g/mol. The van der Waals surface area contributed by atoms with Crippen molar-refractivity contribution in [2.45, 2.75) is 47.2 Å². The molecule has 8 nitrogen and oxygen atoms in total. The number of carbonyl (C=O) groups excluding carboxylic acids is 1. The second kappa shape index (κ2) is 7.69. The number of nitrogens with zero attached hydrogens (tertiary/aromatic N) is 5. The number of hydrogen-bond acceptors (Lipinski definition) is 5. The second-order valence-electron chi connectivity index (χ2n) is 6.52. The Bertz CT molecular complexity index is 1050. The summed E-state index contributed by atoms with van der Waals surface area (Å²) in [6.07, 6.45) is 2.29. The van der Waals surface area contributed by atoms with E-state index in [1.54, 1.807) is 18.3 Å². The zero-order valence-corrected chi connectivity index (χ0v) is 16.1. The molecule has 0 bridgehead atoms. The van der Waals surface area contributed by atoms with Gasteiger partial charge in [0.05, 0.1) is 5.39 Å². The zero-order chi connectivity index (χ0) is 19.6. The zero-order valence-electron chi connectivity index (χ0n) is 16.1. The lowest BCUT2D eigenvalue weighted by Gasteiger charge is -2.11. The van der Waals surface area contributed by atoms with Crippen LogP contribution in [0.5, 0.6) is 0 Å². The van der Waals surface area contributed by atoms with Gasteiger partial charge in [-0.25, -0.2) is 9.97 Å². The van der Waals surface area contributed by atoms with Crippen LogP contribution in [0.25, 0.3) is 11.0 Å². The number of carbonyl (C=O) groups is 1. The van der Waals surface area contributed by atoms with Crippen LogP contribution in [0.3, 0.4) is 0 Å². The lowest BCUT2D eigenvalue weighted by atomic mass is 10.1. The fourth-order valence-corrected chi connectivity index (χ4v) is 3.06. The Labute approximate surface area is 157 Å². The predicted octanol–water partition coefficient (Wildman–Crippen LogP) is 1.75. The van der Waals surface area contributed by atoms with Crippen molar-refractivity contribution in [2.24, 2.45) is 0 Å². The molecule has 0 fully saturated rings. The molecule has 0 aliphatic heterocycles. The Morgan fingerprint density at radius 3 is 2.63 bits per heavy atom. The molecule has 3 aromatic heterocycles. The SMILES string of the molecule is CCn1cc(C(=O)NCCCn2nc(C)nc2C)c(=O)c2ccc(C)nc21. The molecule has 0 saturated heterocycles. The van der Waals surface area contributed by atoms with Crippen LogP contribution in [0, 0.1) is 20.8 Å². The van der Waals surface area contributed by atoms with E-state index in [9.17, 15) is 9.59 Å². The third kappa shape index (κ3) is 3.89. The van der Waals surface area contributed by atoms with Crippen molar-refractivity contribution in [2.75, 3.05) is 6.54 Å². The highest BCUT2D eigenvalue weighted by Gasteiger charge is 2.15. The molecule has 1 amide bonds. The molecule has 0 radical (unpaired) electrons. The highest BCUT2D eigenvalue weighted by Crippen LogP contribution is 2.11. The molecule has 142 valence electrons. The molecule has 0 spiro atoms. The van der Waals surface area contributed by atoms with Gasteiger partial charge in [-0.3, -0.25) is 14.3 Å². The van der Waals surface area contributed by atoms with Crippen molar-refractivity contribution >= 4 is 16.9 Å². The fourth-order valence-electron chi connectivity index (χ4n) is 3.06. The first kappa shape index (κ1) is 18.8. The number of amides is 1. The summed E-state index contributed by atoms with van der Waals surface area (Å²) in [7, 11) is 0. The minimum absolute atomic E-state index is 0.141. The average molecular weight is 368 g/mol. The lowest BCUT2D eigenvalue weighted by Crippen LogP contribution is -2.31. The Kier molecular flexibility index (Phi) is 5.34. The van der Waals surface area contributed by atoms with E-state index in [0.29, 0.717) is 37.1 Å². The van der Waals surface area contributed by atoms with Crippen LogP contribution in [0.4, 0.5) is 0 Å². The first-order chi connectivity index (χ1) is 12.9. The first-order valence-electron chi connectivity index (χ1n) is 9.07. The summed E-state index contributed by atoms with van der Waals surface area (Å²) >= 11 is 0. The van der Waals surface area contributed by atoms with Gasteiger partial charge < -0.3 is 9.88 Å². The molecule has 3 heterocycles. The third-order valence-electron chi connectivity index (χ3n) is 4.44. The molecule has 3 aromatic rings. The number of fused-ring (bicyclic) bond motifs is 1. The molecule has 27 heavy (non-hydrogen) atoms. The highest BCUT2D eigenvalue weighted by atomic mass is 16.2. The summed E-state index contributed by atoms with van der Waals surface area (Å²) in [4.78, 5) is 34.0. The van der Waals surface area contributed by atoms with Gasteiger partial charge in [0.1, 0.15) is 22.9 Å². The summed E-state index contributed by atoms with van der Waals surface area (Å²) in [5, 5.41) is 7.59. The van der Waals surface area contributed by atoms with Crippen LogP contribution in [-0.2, 0) is 13.1 Å². The van der Waals surface area contributed by atoms with Gasteiger partial charge >= 0.3 is 0 Å². The smallest absolute Gasteiger partial charge is 0.256 e. The summed E-state index contributed by atoms with van der Waals surface area (Å²) in [5.41, 5.74) is 1.29. The van der Waals surface area contributed by atoms with E-state index in [1.165, 1.54) is 0 Å². The molecule has 0 saturated carbocycles. The Morgan fingerprint density at radius 2 is 1.96 bits per heavy atom. The number of aryl methyl sites for hydroxylation is 5. The highest BCUT2D eigenvalue weighted by molar-refractivity contribution is 5.96. The topological polar surface area (TPSA) is 94.7 Å². The minimum atomic E-state index is -0.365. The molecule has 0 atom stereocenters. The van der Waals surface area contributed by atoms with Gasteiger partial charge in [-0.15, -0.1) is 0 Å². The van der Waals surface area contributed by atoms with Crippen molar-refractivity contribution in [1.82, 2.24) is 29.6 Å². The van der Waals surface area contributed by atoms with Gasteiger partial charge in [-0.05, 0) is 46.2 Å². The van der Waals surface area contributed by atoms with Gasteiger partial charge in [0.15, 0.2) is 0 Å². The standard InChI is InChI=1S/C19H24N6O2/c1-5-24-11-16(17(26)15-8-7-12(2)21-18(15)24)19(27)20-9-6-10-25-14(4)22-13(3)23-25/h7-8,11H,5-6,9-10H2,1-4H3,(H,20,27). The summed E-state index contributed by atoms with van der Waals surface area (Å²) < 4.78 is 3.65. The normalized spacial score (nSPS) is 11.1. The van der Waals surface area contributed by atoms with Crippen molar-refractivity contribution in [1.29, 1.82) is 0 Å². The monoisotopic (exact) mass is 368 g/mol. The Balaban J connectivity index is 1.73. The maximum Gasteiger partial charge on any atom is 0.256 e. The molecular formula is C19H24N6O2. The second-order valence-corrected chi connectivity index (χ2v) is 6.52. The van der Waals surface area contributed by atoms with E-state index in [4.69, 9.17) is 0 Å². The van der Waals surface area contributed by atoms with E-state index in [-0.39, 0.29) is 16.9 Å². The van der Waals surface area contributed by atoms with Gasteiger partial charge in [0, 0.05) is 31.5 Å². The maximum absolute atomic E-state index is 12.7. The summed E-state index contributed by atoms with van der Waals surface area (Å²) in [6.45, 7) is 9.32. The van der Waals surface area contributed by atoms with E-state index in [2.05, 4.69) is 20.4 Å². The van der Waals surface area contributed by atoms with E-state index in [0.717, 1.165) is 17.3 Å². The summed E-state index contributed by atoms with van der Waals surface area (Å²) in [5.74, 6) is 1.22. The van der Waals surface area contributed by atoms with E-state index in [1.807, 2.05) is 36.9 Å². The molecule has 3 rings (SSSR count). The number of rotatable bonds is 6. The van der Waals surface area contributed by atoms with Crippen LogP contribution in [0.15, 0.2) is 23.1 Å². The summed E-state index contributed by atoms with van der Waals surface area (Å²) in [6, 6.07) is 3.52. The molecule has 0 aliphatic rings. The van der Waals surface area contributed by atoms with Crippen molar-refractivity contribution in [3.8, 4) is 0 Å². The quantitative estimate of drug-likeness (QED) is 0.669. The largest absolute Gasteiger partial charge is 0.352 e. The van der Waals surface area contributed by atoms with Gasteiger partial charge in [0.25, 0.3) is 5.91 Å². The van der Waals surface area contributed by atoms with Gasteiger partial charge in [-0.2, -0.15) is 5.10 Å². The number of pyridine rings is 2. The van der Waals surface area contributed by atoms with Crippen molar-refractivity contribution in [3.63, 3.8) is 0 Å². The van der Waals surface area contributed by atoms with Crippen LogP contribution in [0.1, 0.15) is 41.0 Å². The molecule has 0 aromatic carbocycles. The van der Waals surface area contributed by atoms with E-state index < -0.39 is 0 Å². The van der Waals surface area contributed by atoms with Gasteiger partial charge in [-0.1, -0.05) is 0 Å². The third-order valence-corrected chi connectivity index (χ3v) is 4.44. The molecule has 0 aliphatic carbocycles. The number of hydrogen-bond donors (Lipinski definition) is 1. The van der Waals surface area contributed by atoms with Crippen molar-refractivity contribution in [3.05, 3.63) is 51.5 Å². The number of aromatic nitrogens is 5. The lowest BCUT2D eigenvalue weighted by molar-refractivity contribution is 0.0951. The fraction of sp³-hybridized carbons (Fsp3) is 0.421. The maximum atomic E-state index is 12.7. The minimum Gasteiger partial charge on any atom is -0.352 e.